The minimum Gasteiger partial charge on any atom is -0.495 e. The van der Waals surface area contributed by atoms with E-state index in [1.54, 1.807) is 12.1 Å². The highest BCUT2D eigenvalue weighted by Gasteiger charge is 2.29. The highest BCUT2D eigenvalue weighted by Crippen LogP contribution is 2.28. The molecule has 1 aromatic carbocycles. The Kier molecular flexibility index (Phi) is 5.20. The monoisotopic (exact) mass is 311 g/mol. The topological polar surface area (TPSA) is 76.1 Å². The van der Waals surface area contributed by atoms with Crippen LogP contribution in [-0.4, -0.2) is 57.8 Å². The molecule has 2 rings (SSSR count). The minimum absolute atomic E-state index is 0.0802. The average molecular weight is 311 g/mol. The maximum atomic E-state index is 12.7. The number of sulfonamides is 1. The quantitative estimate of drug-likeness (QED) is 0.799. The molecule has 1 aliphatic rings. The van der Waals surface area contributed by atoms with E-state index in [9.17, 15) is 8.42 Å². The van der Waals surface area contributed by atoms with Crippen LogP contribution >= 0.6 is 0 Å². The summed E-state index contributed by atoms with van der Waals surface area (Å²) >= 11 is 0. The molecule has 1 saturated heterocycles. The summed E-state index contributed by atoms with van der Waals surface area (Å²) in [6, 6.07) is 4.68. The normalized spacial score (nSPS) is 16.1. The fourth-order valence-electron chi connectivity index (χ4n) is 2.02. The van der Waals surface area contributed by atoms with Gasteiger partial charge in [0, 0.05) is 18.7 Å². The Bertz CT molecular complexity index is 654. The average Bonchev–Trinajstić information content (AvgIpc) is 2.53. The SMILES string of the molecule is COc1ccc(C#CCO)cc1S(=O)(=O)N1CCOCC1. The van der Waals surface area contributed by atoms with Crippen LogP contribution in [0.2, 0.25) is 0 Å². The van der Waals surface area contributed by atoms with Gasteiger partial charge in [0.25, 0.3) is 0 Å². The minimum atomic E-state index is -3.65. The molecule has 0 bridgehead atoms. The third-order valence-corrected chi connectivity index (χ3v) is 4.98. The Morgan fingerprint density at radius 2 is 2.10 bits per heavy atom. The molecule has 114 valence electrons. The molecular formula is C14H17NO5S. The van der Waals surface area contributed by atoms with E-state index in [1.165, 1.54) is 17.5 Å². The fourth-order valence-corrected chi connectivity index (χ4v) is 3.61. The van der Waals surface area contributed by atoms with Crippen LogP contribution in [0.4, 0.5) is 0 Å². The standard InChI is InChI=1S/C14H17NO5S/c1-19-13-5-4-12(3-2-8-16)11-14(13)21(17,18)15-6-9-20-10-7-15/h4-5,11,16H,6-10H2,1H3. The fraction of sp³-hybridized carbons (Fsp3) is 0.429. The summed E-state index contributed by atoms with van der Waals surface area (Å²) in [6.07, 6.45) is 0. The first-order chi connectivity index (χ1) is 10.1. The summed E-state index contributed by atoms with van der Waals surface area (Å²) in [6.45, 7) is 1.12. The molecule has 0 aliphatic carbocycles. The number of methoxy groups -OCH3 is 1. The molecule has 0 aromatic heterocycles. The van der Waals surface area contributed by atoms with E-state index in [-0.39, 0.29) is 17.3 Å². The third kappa shape index (κ3) is 3.54. The Hall–Kier alpha value is -1.59. The molecule has 0 radical (unpaired) electrons. The molecule has 6 nitrogen and oxygen atoms in total. The molecule has 21 heavy (non-hydrogen) atoms. The number of hydrogen-bond acceptors (Lipinski definition) is 5. The Morgan fingerprint density at radius 1 is 1.38 bits per heavy atom. The van der Waals surface area contributed by atoms with Crippen LogP contribution in [0.15, 0.2) is 23.1 Å². The summed E-state index contributed by atoms with van der Waals surface area (Å²) in [7, 11) is -2.23. The first kappa shape index (κ1) is 15.8. The second-order valence-electron chi connectivity index (χ2n) is 4.34. The maximum absolute atomic E-state index is 12.7. The molecule has 0 saturated carbocycles. The van der Waals surface area contributed by atoms with Gasteiger partial charge in [0.05, 0.1) is 20.3 Å². The van der Waals surface area contributed by atoms with Gasteiger partial charge in [-0.1, -0.05) is 11.8 Å². The van der Waals surface area contributed by atoms with Crippen molar-refractivity contribution in [3.63, 3.8) is 0 Å². The van der Waals surface area contributed by atoms with Crippen molar-refractivity contribution in [2.45, 2.75) is 4.90 Å². The second kappa shape index (κ2) is 6.91. The van der Waals surface area contributed by atoms with Crippen LogP contribution in [0, 0.1) is 11.8 Å². The molecule has 7 heteroatoms. The lowest BCUT2D eigenvalue weighted by molar-refractivity contribution is 0.0729. The van der Waals surface area contributed by atoms with Crippen molar-refractivity contribution >= 4 is 10.0 Å². The number of morpholine rings is 1. The van der Waals surface area contributed by atoms with Crippen LogP contribution in [0.1, 0.15) is 5.56 Å². The predicted octanol–water partition coefficient (Wildman–Crippen LogP) is 0.0599. The molecule has 0 unspecified atom stereocenters. The first-order valence-electron chi connectivity index (χ1n) is 6.45. The van der Waals surface area contributed by atoms with Crippen molar-refractivity contribution < 1.29 is 23.0 Å². The first-order valence-corrected chi connectivity index (χ1v) is 7.89. The number of ether oxygens (including phenoxy) is 2. The number of hydrogen-bond donors (Lipinski definition) is 1. The Balaban J connectivity index is 2.44. The molecule has 1 N–H and O–H groups in total. The van der Waals surface area contributed by atoms with Crippen LogP contribution in [0.25, 0.3) is 0 Å². The van der Waals surface area contributed by atoms with Crippen molar-refractivity contribution in [1.29, 1.82) is 0 Å². The van der Waals surface area contributed by atoms with Crippen LogP contribution in [-0.2, 0) is 14.8 Å². The maximum Gasteiger partial charge on any atom is 0.246 e. The van der Waals surface area contributed by atoms with E-state index in [2.05, 4.69) is 11.8 Å². The lowest BCUT2D eigenvalue weighted by Crippen LogP contribution is -2.40. The molecule has 1 aromatic rings. The lowest BCUT2D eigenvalue weighted by atomic mass is 10.2. The van der Waals surface area contributed by atoms with Gasteiger partial charge in [-0.3, -0.25) is 0 Å². The highest BCUT2D eigenvalue weighted by atomic mass is 32.2. The summed E-state index contributed by atoms with van der Waals surface area (Å²) < 4.78 is 37.1. The summed E-state index contributed by atoms with van der Waals surface area (Å²) in [4.78, 5) is 0.0802. The number of aliphatic hydroxyl groups excluding tert-OH is 1. The zero-order valence-corrected chi connectivity index (χ0v) is 12.5. The van der Waals surface area contributed by atoms with Crippen molar-refractivity contribution in [2.24, 2.45) is 0 Å². The number of aliphatic hydroxyl groups is 1. The molecule has 0 spiro atoms. The number of benzene rings is 1. The summed E-state index contributed by atoms with van der Waals surface area (Å²) in [5.74, 6) is 5.47. The van der Waals surface area contributed by atoms with E-state index in [4.69, 9.17) is 14.6 Å². The molecular weight excluding hydrogens is 294 g/mol. The van der Waals surface area contributed by atoms with E-state index in [0.29, 0.717) is 31.9 Å². The van der Waals surface area contributed by atoms with Crippen LogP contribution in [0.5, 0.6) is 5.75 Å². The van der Waals surface area contributed by atoms with Gasteiger partial charge in [-0.25, -0.2) is 8.42 Å². The van der Waals surface area contributed by atoms with Gasteiger partial charge in [-0.15, -0.1) is 0 Å². The smallest absolute Gasteiger partial charge is 0.246 e. The van der Waals surface area contributed by atoms with Crippen molar-refractivity contribution in [1.82, 2.24) is 4.31 Å². The van der Waals surface area contributed by atoms with E-state index >= 15 is 0 Å². The zero-order chi connectivity index (χ0) is 15.3. The van der Waals surface area contributed by atoms with Crippen molar-refractivity contribution in [2.75, 3.05) is 40.0 Å². The van der Waals surface area contributed by atoms with Gasteiger partial charge < -0.3 is 14.6 Å². The predicted molar refractivity (Wildman–Crippen MR) is 76.5 cm³/mol. The highest BCUT2D eigenvalue weighted by molar-refractivity contribution is 7.89. The van der Waals surface area contributed by atoms with Gasteiger partial charge in [0.2, 0.25) is 10.0 Å². The van der Waals surface area contributed by atoms with Gasteiger partial charge in [0.1, 0.15) is 17.3 Å². The third-order valence-electron chi connectivity index (χ3n) is 3.06. The molecule has 1 heterocycles. The lowest BCUT2D eigenvalue weighted by Gasteiger charge is -2.26. The van der Waals surface area contributed by atoms with Crippen molar-refractivity contribution in [3.05, 3.63) is 23.8 Å². The van der Waals surface area contributed by atoms with Gasteiger partial charge in [0.15, 0.2) is 0 Å². The molecule has 1 fully saturated rings. The van der Waals surface area contributed by atoms with Gasteiger partial charge in [-0.2, -0.15) is 4.31 Å². The van der Waals surface area contributed by atoms with Gasteiger partial charge >= 0.3 is 0 Å². The summed E-state index contributed by atoms with van der Waals surface area (Å²) in [5, 5.41) is 8.72. The molecule has 0 atom stereocenters. The number of nitrogens with zero attached hydrogens (tertiary/aromatic N) is 1. The number of rotatable bonds is 3. The van der Waals surface area contributed by atoms with Crippen LogP contribution < -0.4 is 4.74 Å². The van der Waals surface area contributed by atoms with E-state index < -0.39 is 10.0 Å². The van der Waals surface area contributed by atoms with Crippen molar-refractivity contribution in [3.8, 4) is 17.6 Å². The Morgan fingerprint density at radius 3 is 2.71 bits per heavy atom. The Labute approximate surface area is 124 Å². The summed E-state index contributed by atoms with van der Waals surface area (Å²) in [5.41, 5.74) is 0.511. The van der Waals surface area contributed by atoms with Gasteiger partial charge in [-0.05, 0) is 18.2 Å². The molecule has 1 aliphatic heterocycles. The largest absolute Gasteiger partial charge is 0.495 e. The van der Waals surface area contributed by atoms with E-state index in [0.717, 1.165) is 0 Å². The zero-order valence-electron chi connectivity index (χ0n) is 11.7. The second-order valence-corrected chi connectivity index (χ2v) is 6.25. The van der Waals surface area contributed by atoms with E-state index in [1.807, 2.05) is 0 Å². The molecule has 0 amide bonds. The van der Waals surface area contributed by atoms with Crippen LogP contribution in [0.3, 0.4) is 0 Å².